The summed E-state index contributed by atoms with van der Waals surface area (Å²) in [4.78, 5) is 6.83. The Kier molecular flexibility index (Phi) is 2.80. The van der Waals surface area contributed by atoms with Crippen molar-refractivity contribution in [2.75, 3.05) is 30.8 Å². The van der Waals surface area contributed by atoms with E-state index in [1.807, 2.05) is 13.1 Å². The van der Waals surface area contributed by atoms with Gasteiger partial charge in [0.25, 0.3) is 0 Å². The van der Waals surface area contributed by atoms with Crippen molar-refractivity contribution in [2.45, 2.75) is 25.3 Å². The van der Waals surface area contributed by atoms with E-state index in [1.165, 1.54) is 6.26 Å². The van der Waals surface area contributed by atoms with Crippen molar-refractivity contribution in [2.24, 2.45) is 0 Å². The third kappa shape index (κ3) is 2.09. The van der Waals surface area contributed by atoms with E-state index in [2.05, 4.69) is 26.1 Å². The molecule has 1 N–H and O–H groups in total. The van der Waals surface area contributed by atoms with Crippen LogP contribution in [0.25, 0.3) is 10.9 Å². The molecule has 8 heteroatoms. The van der Waals surface area contributed by atoms with Gasteiger partial charge in [0.05, 0.1) is 29.2 Å². The quantitative estimate of drug-likeness (QED) is 0.888. The lowest BCUT2D eigenvalue weighted by Crippen LogP contribution is -2.56. The van der Waals surface area contributed by atoms with Gasteiger partial charge in [-0.05, 0) is 25.8 Å². The predicted octanol–water partition coefficient (Wildman–Crippen LogP) is 0.881. The topological polar surface area (TPSA) is 82.2 Å². The second kappa shape index (κ2) is 4.42. The fourth-order valence-electron chi connectivity index (χ4n) is 3.34. The number of nitrogens with one attached hydrogen (secondary N) is 1. The van der Waals surface area contributed by atoms with Crippen molar-refractivity contribution >= 4 is 26.7 Å². The molecule has 0 atom stereocenters. The van der Waals surface area contributed by atoms with Crippen molar-refractivity contribution < 1.29 is 8.42 Å². The van der Waals surface area contributed by atoms with Gasteiger partial charge in [-0.3, -0.25) is 5.10 Å². The van der Waals surface area contributed by atoms with Crippen LogP contribution in [0.2, 0.25) is 0 Å². The number of piperazine rings is 1. The molecule has 22 heavy (non-hydrogen) atoms. The molecule has 2 fully saturated rings. The Morgan fingerprint density at radius 3 is 2.77 bits per heavy atom. The average molecular weight is 321 g/mol. The number of hydrogen-bond acceptors (Lipinski definition) is 5. The summed E-state index contributed by atoms with van der Waals surface area (Å²) in [5, 5.41) is 8.25. The molecule has 4 rings (SSSR count). The number of sulfonamides is 1. The summed E-state index contributed by atoms with van der Waals surface area (Å²) in [6.07, 6.45) is 5.13. The normalized spacial score (nSPS) is 21.6. The van der Waals surface area contributed by atoms with Crippen LogP contribution >= 0.6 is 0 Å². The zero-order chi connectivity index (χ0) is 15.5. The van der Waals surface area contributed by atoms with Gasteiger partial charge < -0.3 is 4.90 Å². The maximum absolute atomic E-state index is 11.8. The zero-order valence-corrected chi connectivity index (χ0v) is 13.5. The number of aromatic nitrogens is 3. The molecule has 1 saturated heterocycles. The Morgan fingerprint density at radius 1 is 1.32 bits per heavy atom. The van der Waals surface area contributed by atoms with Crippen LogP contribution in [0, 0.1) is 6.92 Å². The summed E-state index contributed by atoms with van der Waals surface area (Å²) in [6.45, 7) is 3.74. The first-order chi connectivity index (χ1) is 10.4. The number of anilines is 1. The molecular formula is C14H19N5O2S. The summed E-state index contributed by atoms with van der Waals surface area (Å²) >= 11 is 0. The zero-order valence-electron chi connectivity index (χ0n) is 12.7. The fraction of sp³-hybridized carbons (Fsp3) is 0.571. The molecule has 0 radical (unpaired) electrons. The molecule has 1 aliphatic carbocycles. The third-order valence-electron chi connectivity index (χ3n) is 4.81. The summed E-state index contributed by atoms with van der Waals surface area (Å²) in [5.74, 6) is 0.919. The van der Waals surface area contributed by atoms with Crippen molar-refractivity contribution in [1.29, 1.82) is 0 Å². The molecule has 2 aromatic rings. The molecule has 0 unspecified atom stereocenters. The Bertz CT molecular complexity index is 840. The maximum Gasteiger partial charge on any atom is 0.211 e. The van der Waals surface area contributed by atoms with Gasteiger partial charge in [-0.2, -0.15) is 9.40 Å². The molecule has 2 aromatic heterocycles. The van der Waals surface area contributed by atoms with Crippen molar-refractivity contribution in [1.82, 2.24) is 19.5 Å². The maximum atomic E-state index is 11.8. The molecular weight excluding hydrogens is 302 g/mol. The minimum atomic E-state index is -3.12. The molecule has 118 valence electrons. The number of H-pyrrole nitrogens is 1. The van der Waals surface area contributed by atoms with E-state index in [4.69, 9.17) is 0 Å². The number of nitrogens with zero attached hydrogens (tertiary/aromatic N) is 4. The molecule has 0 bridgehead atoms. The molecule has 0 aromatic carbocycles. The Balaban J connectivity index is 1.69. The lowest BCUT2D eigenvalue weighted by Gasteiger charge is -2.41. The minimum Gasteiger partial charge on any atom is -0.348 e. The van der Waals surface area contributed by atoms with Gasteiger partial charge in [-0.1, -0.05) is 0 Å². The van der Waals surface area contributed by atoms with E-state index >= 15 is 0 Å². The van der Waals surface area contributed by atoms with Gasteiger partial charge >= 0.3 is 0 Å². The number of pyridine rings is 1. The fourth-order valence-corrected chi connectivity index (χ4v) is 4.23. The number of hydrogen-bond donors (Lipinski definition) is 1. The lowest BCUT2D eigenvalue weighted by atomic mass is 10.1. The number of aromatic amines is 1. The Labute approximate surface area is 129 Å². The summed E-state index contributed by atoms with van der Waals surface area (Å²) in [6, 6.07) is 2.06. The number of fused-ring (bicyclic) bond motifs is 1. The van der Waals surface area contributed by atoms with Crippen LogP contribution in [-0.4, -0.2) is 59.3 Å². The Morgan fingerprint density at radius 2 is 2.09 bits per heavy atom. The van der Waals surface area contributed by atoms with Gasteiger partial charge in [0, 0.05) is 25.0 Å². The van der Waals surface area contributed by atoms with E-state index in [0.717, 1.165) is 35.3 Å². The SMILES string of the molecule is Cc1n[nH]c2cnc(N3CCN(S(C)(=O)=O)CC34CC4)cc12. The first-order valence-corrected chi connectivity index (χ1v) is 9.27. The molecule has 3 heterocycles. The number of rotatable bonds is 2. The van der Waals surface area contributed by atoms with Crippen LogP contribution in [0.1, 0.15) is 18.5 Å². The van der Waals surface area contributed by atoms with Crippen LogP contribution in [0.5, 0.6) is 0 Å². The smallest absolute Gasteiger partial charge is 0.211 e. The third-order valence-corrected chi connectivity index (χ3v) is 6.06. The van der Waals surface area contributed by atoms with Crippen molar-refractivity contribution in [3.8, 4) is 0 Å². The largest absolute Gasteiger partial charge is 0.348 e. The van der Waals surface area contributed by atoms with E-state index in [1.54, 1.807) is 4.31 Å². The van der Waals surface area contributed by atoms with Crippen LogP contribution in [-0.2, 0) is 10.0 Å². The lowest BCUT2D eigenvalue weighted by molar-refractivity contribution is 0.321. The predicted molar refractivity (Wildman–Crippen MR) is 84.4 cm³/mol. The minimum absolute atomic E-state index is 0.0698. The highest BCUT2D eigenvalue weighted by atomic mass is 32.2. The van der Waals surface area contributed by atoms with Crippen LogP contribution in [0.4, 0.5) is 5.82 Å². The summed E-state index contributed by atoms with van der Waals surface area (Å²) in [5.41, 5.74) is 1.82. The van der Waals surface area contributed by atoms with E-state index < -0.39 is 10.0 Å². The van der Waals surface area contributed by atoms with Gasteiger partial charge in [0.2, 0.25) is 10.0 Å². The second-order valence-corrected chi connectivity index (χ2v) is 8.35. The van der Waals surface area contributed by atoms with Crippen LogP contribution < -0.4 is 4.90 Å². The van der Waals surface area contributed by atoms with Gasteiger partial charge in [0.15, 0.2) is 0 Å². The van der Waals surface area contributed by atoms with Gasteiger partial charge in [-0.25, -0.2) is 13.4 Å². The Hall–Kier alpha value is -1.67. The summed E-state index contributed by atoms with van der Waals surface area (Å²) < 4.78 is 25.2. The molecule has 7 nitrogen and oxygen atoms in total. The standard InChI is InChI=1S/C14H19N5O2S/c1-10-11-7-13(15-8-12(11)17-16-10)19-6-5-18(22(2,20)21)9-14(19)3-4-14/h7-8H,3-6,9H2,1-2H3,(H,16,17). The van der Waals surface area contributed by atoms with Gasteiger partial charge in [-0.15, -0.1) is 0 Å². The average Bonchev–Trinajstić information content (AvgIpc) is 3.13. The molecule has 2 aliphatic rings. The van der Waals surface area contributed by atoms with E-state index in [0.29, 0.717) is 19.6 Å². The highest BCUT2D eigenvalue weighted by Gasteiger charge is 2.53. The molecule has 0 amide bonds. The summed E-state index contributed by atoms with van der Waals surface area (Å²) in [7, 11) is -3.12. The van der Waals surface area contributed by atoms with Crippen molar-refractivity contribution in [3.63, 3.8) is 0 Å². The molecule has 1 aliphatic heterocycles. The van der Waals surface area contributed by atoms with E-state index in [-0.39, 0.29) is 5.54 Å². The van der Waals surface area contributed by atoms with E-state index in [9.17, 15) is 8.42 Å². The molecule has 1 spiro atoms. The van der Waals surface area contributed by atoms with Crippen LogP contribution in [0.3, 0.4) is 0 Å². The van der Waals surface area contributed by atoms with Gasteiger partial charge in [0.1, 0.15) is 5.82 Å². The first-order valence-electron chi connectivity index (χ1n) is 7.43. The second-order valence-electron chi connectivity index (χ2n) is 6.37. The monoisotopic (exact) mass is 321 g/mol. The highest BCUT2D eigenvalue weighted by molar-refractivity contribution is 7.88. The highest BCUT2D eigenvalue weighted by Crippen LogP contribution is 2.46. The molecule has 1 saturated carbocycles. The number of aryl methyl sites for hydroxylation is 1. The first kappa shape index (κ1) is 14.0. The van der Waals surface area contributed by atoms with Crippen molar-refractivity contribution in [3.05, 3.63) is 18.0 Å². The van der Waals surface area contributed by atoms with Crippen LogP contribution in [0.15, 0.2) is 12.3 Å².